The van der Waals surface area contributed by atoms with E-state index in [1.54, 1.807) is 12.3 Å². The number of aromatic amines is 1. The van der Waals surface area contributed by atoms with Gasteiger partial charge in [-0.25, -0.2) is 0 Å². The van der Waals surface area contributed by atoms with Crippen LogP contribution in [0, 0.1) is 11.3 Å². The molecule has 2 aromatic heterocycles. The SMILES string of the molecule is CCOCCc1noc(-c2c[nH]c(C#N)c2)n1. The van der Waals surface area contributed by atoms with Crippen LogP contribution in [0.3, 0.4) is 0 Å². The molecule has 0 atom stereocenters. The van der Waals surface area contributed by atoms with Gasteiger partial charge in [0.1, 0.15) is 11.8 Å². The second-order valence-corrected chi connectivity index (χ2v) is 3.38. The van der Waals surface area contributed by atoms with E-state index in [0.29, 0.717) is 37.0 Å². The van der Waals surface area contributed by atoms with Crippen molar-refractivity contribution in [1.29, 1.82) is 5.26 Å². The zero-order valence-electron chi connectivity index (χ0n) is 9.43. The molecule has 0 amide bonds. The molecular weight excluding hydrogens is 220 g/mol. The summed E-state index contributed by atoms with van der Waals surface area (Å²) < 4.78 is 10.3. The first kappa shape index (κ1) is 11.4. The van der Waals surface area contributed by atoms with Crippen LogP contribution in [-0.2, 0) is 11.2 Å². The van der Waals surface area contributed by atoms with E-state index in [1.807, 2.05) is 13.0 Å². The van der Waals surface area contributed by atoms with E-state index in [0.717, 1.165) is 5.56 Å². The van der Waals surface area contributed by atoms with Gasteiger partial charge in [-0.1, -0.05) is 5.16 Å². The maximum atomic E-state index is 8.68. The van der Waals surface area contributed by atoms with Gasteiger partial charge in [-0.15, -0.1) is 0 Å². The first-order valence-corrected chi connectivity index (χ1v) is 5.32. The summed E-state index contributed by atoms with van der Waals surface area (Å²) in [6, 6.07) is 3.67. The summed E-state index contributed by atoms with van der Waals surface area (Å²) in [5.74, 6) is 1.02. The van der Waals surface area contributed by atoms with E-state index in [2.05, 4.69) is 15.1 Å². The molecule has 17 heavy (non-hydrogen) atoms. The number of rotatable bonds is 5. The lowest BCUT2D eigenvalue weighted by Gasteiger charge is -1.94. The number of hydrogen-bond acceptors (Lipinski definition) is 5. The number of nitrogens with one attached hydrogen (secondary N) is 1. The van der Waals surface area contributed by atoms with Gasteiger partial charge >= 0.3 is 0 Å². The van der Waals surface area contributed by atoms with Crippen LogP contribution in [0.4, 0.5) is 0 Å². The van der Waals surface area contributed by atoms with Crippen molar-refractivity contribution in [3.63, 3.8) is 0 Å². The first-order valence-electron chi connectivity index (χ1n) is 5.32. The highest BCUT2D eigenvalue weighted by atomic mass is 16.5. The summed E-state index contributed by atoms with van der Waals surface area (Å²) in [7, 11) is 0. The van der Waals surface area contributed by atoms with Gasteiger partial charge in [-0.05, 0) is 13.0 Å². The molecule has 0 fully saturated rings. The van der Waals surface area contributed by atoms with E-state index < -0.39 is 0 Å². The molecule has 6 heteroatoms. The van der Waals surface area contributed by atoms with Crippen molar-refractivity contribution in [1.82, 2.24) is 15.1 Å². The van der Waals surface area contributed by atoms with Gasteiger partial charge in [0.25, 0.3) is 5.89 Å². The minimum atomic E-state index is 0.411. The third kappa shape index (κ3) is 2.71. The van der Waals surface area contributed by atoms with Gasteiger partial charge < -0.3 is 14.2 Å². The van der Waals surface area contributed by atoms with Crippen molar-refractivity contribution < 1.29 is 9.26 Å². The molecule has 2 rings (SSSR count). The second kappa shape index (κ2) is 5.27. The lowest BCUT2D eigenvalue weighted by Crippen LogP contribution is -1.99. The number of nitrogens with zero attached hydrogens (tertiary/aromatic N) is 3. The Morgan fingerprint density at radius 2 is 2.47 bits per heavy atom. The van der Waals surface area contributed by atoms with Gasteiger partial charge in [0, 0.05) is 19.2 Å². The molecule has 0 saturated carbocycles. The molecule has 2 aromatic rings. The van der Waals surface area contributed by atoms with Crippen molar-refractivity contribution in [2.24, 2.45) is 0 Å². The molecule has 0 aliphatic heterocycles. The maximum Gasteiger partial charge on any atom is 0.259 e. The lowest BCUT2D eigenvalue weighted by molar-refractivity contribution is 0.149. The summed E-state index contributed by atoms with van der Waals surface area (Å²) in [6.45, 7) is 3.19. The molecule has 1 N–H and O–H groups in total. The Bertz CT molecular complexity index is 524. The van der Waals surface area contributed by atoms with E-state index in [1.165, 1.54) is 0 Å². The van der Waals surface area contributed by atoms with Gasteiger partial charge in [0.05, 0.1) is 12.2 Å². The van der Waals surface area contributed by atoms with E-state index in [-0.39, 0.29) is 0 Å². The first-order chi connectivity index (χ1) is 8.33. The number of H-pyrrole nitrogens is 1. The summed E-state index contributed by atoms with van der Waals surface area (Å²) in [5, 5.41) is 12.5. The number of nitriles is 1. The molecule has 0 spiro atoms. The number of ether oxygens (including phenoxy) is 1. The standard InChI is InChI=1S/C11H12N4O2/c1-2-16-4-3-10-14-11(17-15-10)8-5-9(6-12)13-7-8/h5,7,13H,2-4H2,1H3. The van der Waals surface area contributed by atoms with Gasteiger partial charge in [-0.2, -0.15) is 10.2 Å². The highest BCUT2D eigenvalue weighted by Gasteiger charge is 2.10. The highest BCUT2D eigenvalue weighted by Crippen LogP contribution is 2.17. The predicted molar refractivity (Wildman–Crippen MR) is 59.0 cm³/mol. The maximum absolute atomic E-state index is 8.68. The predicted octanol–water partition coefficient (Wildman–Crippen LogP) is 1.52. The molecule has 6 nitrogen and oxygen atoms in total. The highest BCUT2D eigenvalue weighted by molar-refractivity contribution is 5.54. The van der Waals surface area contributed by atoms with Crippen molar-refractivity contribution in [3.8, 4) is 17.5 Å². The number of aromatic nitrogens is 3. The summed E-state index contributed by atoms with van der Waals surface area (Å²) in [5.41, 5.74) is 1.19. The summed E-state index contributed by atoms with van der Waals surface area (Å²) >= 11 is 0. The third-order valence-electron chi connectivity index (χ3n) is 2.19. The van der Waals surface area contributed by atoms with Crippen LogP contribution >= 0.6 is 0 Å². The van der Waals surface area contributed by atoms with Crippen molar-refractivity contribution in [2.75, 3.05) is 13.2 Å². The Morgan fingerprint density at radius 1 is 1.59 bits per heavy atom. The van der Waals surface area contributed by atoms with Gasteiger partial charge in [0.15, 0.2) is 5.82 Å². The minimum absolute atomic E-state index is 0.411. The molecular formula is C11H12N4O2. The molecule has 0 aliphatic rings. The lowest BCUT2D eigenvalue weighted by atomic mass is 10.3. The zero-order valence-corrected chi connectivity index (χ0v) is 9.43. The third-order valence-corrected chi connectivity index (χ3v) is 2.19. The fourth-order valence-corrected chi connectivity index (χ4v) is 1.36. The zero-order chi connectivity index (χ0) is 12.1. The van der Waals surface area contributed by atoms with E-state index >= 15 is 0 Å². The van der Waals surface area contributed by atoms with E-state index in [9.17, 15) is 0 Å². The molecule has 2 heterocycles. The normalized spacial score (nSPS) is 10.4. The Kier molecular flexibility index (Phi) is 3.52. The van der Waals surface area contributed by atoms with Crippen LogP contribution in [0.15, 0.2) is 16.8 Å². The molecule has 0 saturated heterocycles. The molecule has 0 radical (unpaired) electrons. The Hall–Kier alpha value is -2.13. The fraction of sp³-hybridized carbons (Fsp3) is 0.364. The molecule has 0 unspecified atom stereocenters. The second-order valence-electron chi connectivity index (χ2n) is 3.38. The van der Waals surface area contributed by atoms with Gasteiger partial charge in [0.2, 0.25) is 0 Å². The van der Waals surface area contributed by atoms with Crippen molar-refractivity contribution in [3.05, 3.63) is 23.8 Å². The molecule has 0 aliphatic carbocycles. The van der Waals surface area contributed by atoms with Crippen LogP contribution in [-0.4, -0.2) is 28.3 Å². The average molecular weight is 232 g/mol. The van der Waals surface area contributed by atoms with Crippen LogP contribution in [0.5, 0.6) is 0 Å². The summed E-state index contributed by atoms with van der Waals surface area (Å²) in [6.07, 6.45) is 2.28. The molecule has 0 bridgehead atoms. The quantitative estimate of drug-likeness (QED) is 0.789. The monoisotopic (exact) mass is 232 g/mol. The van der Waals surface area contributed by atoms with E-state index in [4.69, 9.17) is 14.5 Å². The molecule has 0 aromatic carbocycles. The fourth-order valence-electron chi connectivity index (χ4n) is 1.36. The Morgan fingerprint density at radius 3 is 3.18 bits per heavy atom. The van der Waals surface area contributed by atoms with Crippen LogP contribution in [0.2, 0.25) is 0 Å². The Labute approximate surface area is 98.2 Å². The summed E-state index contributed by atoms with van der Waals surface area (Å²) in [4.78, 5) is 7.01. The Balaban J connectivity index is 2.05. The smallest absolute Gasteiger partial charge is 0.259 e. The van der Waals surface area contributed by atoms with Crippen LogP contribution in [0.1, 0.15) is 18.4 Å². The number of hydrogen-bond donors (Lipinski definition) is 1. The minimum Gasteiger partial charge on any atom is -0.381 e. The van der Waals surface area contributed by atoms with Crippen molar-refractivity contribution in [2.45, 2.75) is 13.3 Å². The topological polar surface area (TPSA) is 87.7 Å². The van der Waals surface area contributed by atoms with Crippen molar-refractivity contribution >= 4 is 0 Å². The van der Waals surface area contributed by atoms with Crippen LogP contribution in [0.25, 0.3) is 11.5 Å². The largest absolute Gasteiger partial charge is 0.381 e. The van der Waals surface area contributed by atoms with Gasteiger partial charge in [-0.3, -0.25) is 0 Å². The average Bonchev–Trinajstić information content (AvgIpc) is 2.97. The molecule has 88 valence electrons. The van der Waals surface area contributed by atoms with Crippen LogP contribution < -0.4 is 0 Å².